The predicted octanol–water partition coefficient (Wildman–Crippen LogP) is 2.86. The molecule has 0 unspecified atom stereocenters. The van der Waals surface area contributed by atoms with Crippen LogP contribution in [0.15, 0.2) is 54.7 Å². The lowest BCUT2D eigenvalue weighted by Crippen LogP contribution is -2.11. The van der Waals surface area contributed by atoms with E-state index in [1.165, 1.54) is 11.1 Å². The first-order valence-corrected chi connectivity index (χ1v) is 8.20. The van der Waals surface area contributed by atoms with E-state index in [4.69, 9.17) is 5.11 Å². The van der Waals surface area contributed by atoms with Crippen molar-refractivity contribution in [1.82, 2.24) is 15.0 Å². The number of benzene rings is 1. The first-order valence-electron chi connectivity index (χ1n) is 8.20. The van der Waals surface area contributed by atoms with Crippen LogP contribution in [0.5, 0.6) is 0 Å². The number of aryl methyl sites for hydroxylation is 1. The Labute approximate surface area is 147 Å². The van der Waals surface area contributed by atoms with Gasteiger partial charge in [0.2, 0.25) is 5.95 Å². The van der Waals surface area contributed by atoms with Crippen LogP contribution in [0.1, 0.15) is 11.1 Å². The predicted molar refractivity (Wildman–Crippen MR) is 99.3 cm³/mol. The molecule has 25 heavy (non-hydrogen) atoms. The van der Waals surface area contributed by atoms with Gasteiger partial charge in [-0.1, -0.05) is 30.3 Å². The molecule has 3 N–H and O–H groups in total. The van der Waals surface area contributed by atoms with Crippen LogP contribution < -0.4 is 10.6 Å². The minimum Gasteiger partial charge on any atom is -0.395 e. The monoisotopic (exact) mass is 335 g/mol. The van der Waals surface area contributed by atoms with Crippen LogP contribution in [-0.2, 0) is 6.54 Å². The molecule has 1 aromatic carbocycles. The molecule has 0 atom stereocenters. The molecule has 0 fully saturated rings. The molecule has 0 aliphatic carbocycles. The van der Waals surface area contributed by atoms with Crippen LogP contribution in [-0.4, -0.2) is 33.2 Å². The second-order valence-corrected chi connectivity index (χ2v) is 5.61. The average Bonchev–Trinajstić information content (AvgIpc) is 2.66. The summed E-state index contributed by atoms with van der Waals surface area (Å²) in [6, 6.07) is 15.8. The zero-order chi connectivity index (χ0) is 17.5. The molecule has 0 aliphatic heterocycles. The summed E-state index contributed by atoms with van der Waals surface area (Å²) in [6.07, 6.45) is 1.73. The highest BCUT2D eigenvalue weighted by Gasteiger charge is 2.08. The van der Waals surface area contributed by atoms with Crippen molar-refractivity contribution in [2.75, 3.05) is 23.8 Å². The van der Waals surface area contributed by atoms with Gasteiger partial charge in [-0.2, -0.15) is 4.98 Å². The summed E-state index contributed by atoms with van der Waals surface area (Å²) in [7, 11) is 0. The number of pyridine rings is 1. The van der Waals surface area contributed by atoms with E-state index in [2.05, 4.69) is 44.6 Å². The van der Waals surface area contributed by atoms with Crippen LogP contribution in [0.3, 0.4) is 0 Å². The molecule has 0 saturated heterocycles. The maximum Gasteiger partial charge on any atom is 0.225 e. The van der Waals surface area contributed by atoms with Gasteiger partial charge in [0.1, 0.15) is 5.82 Å². The molecule has 0 amide bonds. The van der Waals surface area contributed by atoms with E-state index in [9.17, 15) is 0 Å². The standard InChI is InChI=1S/C19H21N5O/c1-14-6-2-3-7-15(14)13-22-18-12-17(16-8-4-5-9-20-16)23-19(24-18)21-10-11-25/h2-9,12,25H,10-11,13H2,1H3,(H2,21,22,23,24). The van der Waals surface area contributed by atoms with Crippen molar-refractivity contribution >= 4 is 11.8 Å². The van der Waals surface area contributed by atoms with E-state index in [0.717, 1.165) is 11.4 Å². The summed E-state index contributed by atoms with van der Waals surface area (Å²) in [4.78, 5) is 13.3. The van der Waals surface area contributed by atoms with Crippen LogP contribution in [0.4, 0.5) is 11.8 Å². The average molecular weight is 335 g/mol. The fraction of sp³-hybridized carbons (Fsp3) is 0.211. The summed E-state index contributed by atoms with van der Waals surface area (Å²) >= 11 is 0. The van der Waals surface area contributed by atoms with E-state index >= 15 is 0 Å². The molecule has 0 aliphatic rings. The van der Waals surface area contributed by atoms with Crippen molar-refractivity contribution in [3.63, 3.8) is 0 Å². The third kappa shape index (κ3) is 4.51. The lowest BCUT2D eigenvalue weighted by Gasteiger charge is -2.12. The molecule has 6 nitrogen and oxygen atoms in total. The molecule has 128 valence electrons. The molecule has 0 saturated carbocycles. The third-order valence-corrected chi connectivity index (χ3v) is 3.77. The largest absolute Gasteiger partial charge is 0.395 e. The molecule has 0 spiro atoms. The topological polar surface area (TPSA) is 83.0 Å². The maximum absolute atomic E-state index is 9.02. The molecular formula is C19H21N5O. The Hall–Kier alpha value is -2.99. The number of anilines is 2. The first kappa shape index (κ1) is 16.9. The number of aliphatic hydroxyl groups excluding tert-OH is 1. The van der Waals surface area contributed by atoms with Gasteiger partial charge in [-0.3, -0.25) is 4.98 Å². The zero-order valence-corrected chi connectivity index (χ0v) is 14.1. The zero-order valence-electron chi connectivity index (χ0n) is 14.1. The van der Waals surface area contributed by atoms with Crippen molar-refractivity contribution in [3.05, 3.63) is 65.9 Å². The van der Waals surface area contributed by atoms with Crippen LogP contribution in [0.2, 0.25) is 0 Å². The second kappa shape index (κ2) is 8.21. The van der Waals surface area contributed by atoms with E-state index in [-0.39, 0.29) is 6.61 Å². The summed E-state index contributed by atoms with van der Waals surface area (Å²) in [5, 5.41) is 15.4. The van der Waals surface area contributed by atoms with E-state index in [0.29, 0.717) is 24.9 Å². The van der Waals surface area contributed by atoms with Crippen molar-refractivity contribution in [2.45, 2.75) is 13.5 Å². The Morgan fingerprint density at radius 2 is 1.80 bits per heavy atom. The maximum atomic E-state index is 9.02. The molecular weight excluding hydrogens is 314 g/mol. The quantitative estimate of drug-likeness (QED) is 0.616. The summed E-state index contributed by atoms with van der Waals surface area (Å²) < 4.78 is 0. The van der Waals surface area contributed by atoms with Gasteiger partial charge in [0.25, 0.3) is 0 Å². The number of nitrogens with zero attached hydrogens (tertiary/aromatic N) is 3. The van der Waals surface area contributed by atoms with Gasteiger partial charge in [-0.15, -0.1) is 0 Å². The SMILES string of the molecule is Cc1ccccc1CNc1cc(-c2ccccn2)nc(NCCO)n1. The van der Waals surface area contributed by atoms with Crippen molar-refractivity contribution < 1.29 is 5.11 Å². The highest BCUT2D eigenvalue weighted by atomic mass is 16.3. The molecule has 0 bridgehead atoms. The van der Waals surface area contributed by atoms with Gasteiger partial charge in [-0.05, 0) is 30.2 Å². The third-order valence-electron chi connectivity index (χ3n) is 3.77. The summed E-state index contributed by atoms with van der Waals surface area (Å²) in [5.74, 6) is 1.17. The number of rotatable bonds is 7. The number of aromatic nitrogens is 3. The molecule has 6 heteroatoms. The first-order chi connectivity index (χ1) is 12.3. The molecule has 3 rings (SSSR count). The molecule has 2 aromatic heterocycles. The summed E-state index contributed by atoms with van der Waals surface area (Å²) in [6.45, 7) is 3.17. The van der Waals surface area contributed by atoms with Gasteiger partial charge in [0.05, 0.1) is 18.0 Å². The highest BCUT2D eigenvalue weighted by molar-refractivity contribution is 5.61. The molecule has 0 radical (unpaired) electrons. The van der Waals surface area contributed by atoms with Gasteiger partial charge in [-0.25, -0.2) is 4.98 Å². The van der Waals surface area contributed by atoms with Crippen molar-refractivity contribution in [1.29, 1.82) is 0 Å². The van der Waals surface area contributed by atoms with Crippen LogP contribution in [0, 0.1) is 6.92 Å². The fourth-order valence-corrected chi connectivity index (χ4v) is 2.42. The van der Waals surface area contributed by atoms with E-state index < -0.39 is 0 Å². The Kier molecular flexibility index (Phi) is 5.53. The smallest absolute Gasteiger partial charge is 0.225 e. The number of nitrogens with one attached hydrogen (secondary N) is 2. The van der Waals surface area contributed by atoms with Crippen molar-refractivity contribution in [2.24, 2.45) is 0 Å². The number of hydrogen-bond acceptors (Lipinski definition) is 6. The number of aliphatic hydroxyl groups is 1. The Morgan fingerprint density at radius 3 is 2.56 bits per heavy atom. The fourth-order valence-electron chi connectivity index (χ4n) is 2.42. The van der Waals surface area contributed by atoms with Crippen molar-refractivity contribution in [3.8, 4) is 11.4 Å². The van der Waals surface area contributed by atoms with E-state index in [1.54, 1.807) is 6.20 Å². The Bertz CT molecular complexity index is 823. The minimum atomic E-state index is 0.0170. The minimum absolute atomic E-state index is 0.0170. The Balaban J connectivity index is 1.85. The lowest BCUT2D eigenvalue weighted by atomic mass is 10.1. The van der Waals surface area contributed by atoms with Crippen LogP contribution >= 0.6 is 0 Å². The highest BCUT2D eigenvalue weighted by Crippen LogP contribution is 2.20. The lowest BCUT2D eigenvalue weighted by molar-refractivity contribution is 0.311. The normalized spacial score (nSPS) is 10.5. The van der Waals surface area contributed by atoms with Crippen LogP contribution in [0.25, 0.3) is 11.4 Å². The van der Waals surface area contributed by atoms with Gasteiger partial charge in [0, 0.05) is 25.4 Å². The molecule has 3 aromatic rings. The molecule has 2 heterocycles. The number of hydrogen-bond donors (Lipinski definition) is 3. The van der Waals surface area contributed by atoms with Gasteiger partial charge >= 0.3 is 0 Å². The van der Waals surface area contributed by atoms with Gasteiger partial charge < -0.3 is 15.7 Å². The summed E-state index contributed by atoms with van der Waals surface area (Å²) in [5.41, 5.74) is 3.94. The Morgan fingerprint density at radius 1 is 0.960 bits per heavy atom. The second-order valence-electron chi connectivity index (χ2n) is 5.61. The van der Waals surface area contributed by atoms with Gasteiger partial charge in [0.15, 0.2) is 0 Å². The van der Waals surface area contributed by atoms with E-state index in [1.807, 2.05) is 36.4 Å².